The molecular weight excluding hydrogens is 500 g/mol. The van der Waals surface area contributed by atoms with E-state index in [2.05, 4.69) is 4.98 Å². The highest BCUT2D eigenvalue weighted by Gasteiger charge is 2.56. The van der Waals surface area contributed by atoms with Gasteiger partial charge >= 0.3 is 0 Å². The molecule has 0 N–H and O–H groups in total. The van der Waals surface area contributed by atoms with Crippen molar-refractivity contribution in [2.24, 2.45) is 5.92 Å². The number of hydrogen-bond donors (Lipinski definition) is 0. The largest absolute Gasteiger partial charge is 0.325 e. The molecule has 0 bridgehead atoms. The first-order valence-electron chi connectivity index (χ1n) is 10.3. The Morgan fingerprint density at radius 3 is 2.50 bits per heavy atom. The first-order valence-corrected chi connectivity index (χ1v) is 12.6. The highest BCUT2D eigenvalue weighted by atomic mass is 35.5. The summed E-state index contributed by atoms with van der Waals surface area (Å²) in [6.45, 7) is 0. The molecule has 1 saturated carbocycles. The van der Waals surface area contributed by atoms with E-state index < -0.39 is 68.6 Å². The molecule has 2 fully saturated rings. The summed E-state index contributed by atoms with van der Waals surface area (Å²) in [5.41, 5.74) is -0.721. The van der Waals surface area contributed by atoms with Crippen LogP contribution < -0.4 is 0 Å². The number of piperidine rings is 1. The van der Waals surface area contributed by atoms with E-state index in [-0.39, 0.29) is 28.8 Å². The zero-order valence-corrected chi connectivity index (χ0v) is 19.3. The number of aromatic nitrogens is 1. The summed E-state index contributed by atoms with van der Waals surface area (Å²) in [7, 11) is -3.64. The number of carbonyl (C=O) groups is 2. The molecule has 1 aromatic carbocycles. The normalized spacial score (nSPS) is 22.6. The van der Waals surface area contributed by atoms with Gasteiger partial charge in [-0.15, -0.1) is 0 Å². The number of nitrogens with zero attached hydrogens (tertiary/aromatic N) is 2. The quantitative estimate of drug-likeness (QED) is 0.408. The number of halogens is 5. The Kier molecular flexibility index (Phi) is 6.45. The van der Waals surface area contributed by atoms with Crippen LogP contribution >= 0.6 is 11.6 Å². The van der Waals surface area contributed by atoms with Crippen LogP contribution in [0.15, 0.2) is 35.5 Å². The molecule has 34 heavy (non-hydrogen) atoms. The molecular formula is C22H19ClF4N2O4S. The second-order valence-electron chi connectivity index (χ2n) is 8.61. The maximum Gasteiger partial charge on any atom is 0.256 e. The molecule has 1 aromatic heterocycles. The third-order valence-electron chi connectivity index (χ3n) is 6.26. The zero-order chi connectivity index (χ0) is 24.9. The van der Waals surface area contributed by atoms with E-state index >= 15 is 0 Å². The Labute approximate surface area is 197 Å². The van der Waals surface area contributed by atoms with Crippen LogP contribution in [0.25, 0.3) is 0 Å². The van der Waals surface area contributed by atoms with E-state index in [1.807, 2.05) is 0 Å². The van der Waals surface area contributed by atoms with E-state index in [4.69, 9.17) is 11.6 Å². The number of sulfone groups is 1. The lowest BCUT2D eigenvalue weighted by Crippen LogP contribution is -2.44. The van der Waals surface area contributed by atoms with Crippen LogP contribution in [-0.2, 0) is 14.6 Å². The number of amides is 1. The second kappa shape index (κ2) is 8.92. The predicted molar refractivity (Wildman–Crippen MR) is 114 cm³/mol. The molecule has 6 nitrogen and oxygen atoms in total. The van der Waals surface area contributed by atoms with Crippen LogP contribution in [0.1, 0.15) is 41.1 Å². The average molecular weight is 519 g/mol. The molecule has 4 rings (SSSR count). The second-order valence-corrected chi connectivity index (χ2v) is 11.0. The smallest absolute Gasteiger partial charge is 0.256 e. The Bertz CT molecular complexity index is 1270. The number of benzene rings is 1. The number of ketones is 1. The van der Waals surface area contributed by atoms with Gasteiger partial charge in [-0.2, -0.15) is 0 Å². The standard InChI is InChI=1S/C22H19ClF4N2O4S/c1-34(32,33)12-2-11(8-28-9-12)22(31)29-18-3-10(18)4-19(29)20(30)6-14(21(26)27)13-5-17(25)15(23)7-16(13)24/h2,5,7-10,14,18-19,21H,3-4,6H2,1H3/t10-,14?,18-,19-/m1/s1. The molecule has 1 unspecified atom stereocenters. The summed E-state index contributed by atoms with van der Waals surface area (Å²) < 4.78 is 79.3. The molecule has 2 heterocycles. The molecule has 2 aromatic rings. The molecule has 1 saturated heterocycles. The van der Waals surface area contributed by atoms with Gasteiger partial charge in [0.05, 0.1) is 27.4 Å². The maximum absolute atomic E-state index is 14.3. The van der Waals surface area contributed by atoms with Crippen molar-refractivity contribution in [3.05, 3.63) is 58.4 Å². The topological polar surface area (TPSA) is 84.4 Å². The van der Waals surface area contributed by atoms with Crippen LogP contribution in [0.3, 0.4) is 0 Å². The van der Waals surface area contributed by atoms with Gasteiger partial charge in [-0.3, -0.25) is 14.6 Å². The maximum atomic E-state index is 14.3. The number of Topliss-reactive ketones (excluding diaryl/α,β-unsaturated/α-hetero) is 1. The molecule has 4 atom stereocenters. The molecule has 0 spiro atoms. The van der Waals surface area contributed by atoms with Crippen molar-refractivity contribution in [1.29, 1.82) is 0 Å². The molecule has 2 aliphatic rings. The summed E-state index contributed by atoms with van der Waals surface area (Å²) in [4.78, 5) is 31.1. The summed E-state index contributed by atoms with van der Waals surface area (Å²) in [6, 6.07) is 0.959. The Morgan fingerprint density at radius 2 is 1.85 bits per heavy atom. The third-order valence-corrected chi connectivity index (χ3v) is 7.63. The highest BCUT2D eigenvalue weighted by molar-refractivity contribution is 7.90. The van der Waals surface area contributed by atoms with Gasteiger partial charge in [0, 0.05) is 36.7 Å². The monoisotopic (exact) mass is 518 g/mol. The van der Waals surface area contributed by atoms with Gasteiger partial charge in [0.25, 0.3) is 5.91 Å². The van der Waals surface area contributed by atoms with E-state index in [9.17, 15) is 35.6 Å². The summed E-state index contributed by atoms with van der Waals surface area (Å²) in [5.74, 6) is -5.52. The van der Waals surface area contributed by atoms with Crippen molar-refractivity contribution >= 4 is 33.1 Å². The number of fused-ring (bicyclic) bond motifs is 1. The number of likely N-dealkylation sites (tertiary alicyclic amines) is 1. The fraction of sp³-hybridized carbons (Fsp3) is 0.409. The van der Waals surface area contributed by atoms with Gasteiger partial charge < -0.3 is 4.90 Å². The molecule has 1 aliphatic heterocycles. The van der Waals surface area contributed by atoms with Crippen LogP contribution in [0.2, 0.25) is 5.02 Å². The van der Waals surface area contributed by atoms with Crippen molar-refractivity contribution in [2.45, 2.75) is 48.6 Å². The van der Waals surface area contributed by atoms with E-state index in [0.29, 0.717) is 18.6 Å². The number of alkyl halides is 2. The minimum absolute atomic E-state index is 0.0127. The molecule has 0 radical (unpaired) electrons. The van der Waals surface area contributed by atoms with Crippen LogP contribution in [0, 0.1) is 17.6 Å². The van der Waals surface area contributed by atoms with Crippen LogP contribution in [0.4, 0.5) is 17.6 Å². The Balaban J connectivity index is 1.59. The van der Waals surface area contributed by atoms with E-state index in [1.165, 1.54) is 11.1 Å². The van der Waals surface area contributed by atoms with Crippen molar-refractivity contribution in [2.75, 3.05) is 6.26 Å². The summed E-state index contributed by atoms with van der Waals surface area (Å²) >= 11 is 5.50. The van der Waals surface area contributed by atoms with E-state index in [0.717, 1.165) is 18.5 Å². The molecule has 182 valence electrons. The lowest BCUT2D eigenvalue weighted by atomic mass is 9.90. The summed E-state index contributed by atoms with van der Waals surface area (Å²) in [6.07, 6.45) is 0.112. The zero-order valence-electron chi connectivity index (χ0n) is 17.7. The van der Waals surface area contributed by atoms with Crippen molar-refractivity contribution in [1.82, 2.24) is 9.88 Å². The minimum atomic E-state index is -3.64. The lowest BCUT2D eigenvalue weighted by Gasteiger charge is -2.28. The van der Waals surface area contributed by atoms with Gasteiger partial charge in [0.1, 0.15) is 11.6 Å². The Morgan fingerprint density at radius 1 is 1.15 bits per heavy atom. The fourth-order valence-corrected chi connectivity index (χ4v) is 5.18. The number of rotatable bonds is 7. The van der Waals surface area contributed by atoms with Gasteiger partial charge in [0.2, 0.25) is 6.43 Å². The molecule has 1 aliphatic carbocycles. The van der Waals surface area contributed by atoms with Gasteiger partial charge in [-0.25, -0.2) is 26.0 Å². The number of hydrogen-bond acceptors (Lipinski definition) is 5. The van der Waals surface area contributed by atoms with Crippen molar-refractivity contribution < 1.29 is 35.6 Å². The number of carbonyl (C=O) groups excluding carboxylic acids is 2. The van der Waals surface area contributed by atoms with Gasteiger partial charge in [-0.1, -0.05) is 11.6 Å². The SMILES string of the molecule is CS(=O)(=O)c1cncc(C(=O)N2[C@@H](C(=O)CC(c3cc(F)c(Cl)cc3F)C(F)F)C[C@H]3C[C@H]32)c1. The van der Waals surface area contributed by atoms with Crippen molar-refractivity contribution in [3.63, 3.8) is 0 Å². The van der Waals surface area contributed by atoms with Crippen LogP contribution in [-0.4, -0.2) is 54.8 Å². The van der Waals surface area contributed by atoms with E-state index in [1.54, 1.807) is 0 Å². The fourth-order valence-electron chi connectivity index (χ4n) is 4.43. The minimum Gasteiger partial charge on any atom is -0.325 e. The first-order chi connectivity index (χ1) is 15.9. The summed E-state index contributed by atoms with van der Waals surface area (Å²) in [5, 5.41) is -0.571. The Hall–Kier alpha value is -2.53. The van der Waals surface area contributed by atoms with Crippen LogP contribution in [0.5, 0.6) is 0 Å². The molecule has 1 amide bonds. The van der Waals surface area contributed by atoms with Gasteiger partial charge in [-0.05, 0) is 37.0 Å². The average Bonchev–Trinajstić information content (AvgIpc) is 3.43. The lowest BCUT2D eigenvalue weighted by molar-refractivity contribution is -0.124. The van der Waals surface area contributed by atoms with Crippen molar-refractivity contribution in [3.8, 4) is 0 Å². The molecule has 12 heteroatoms. The third kappa shape index (κ3) is 4.68. The highest BCUT2D eigenvalue weighted by Crippen LogP contribution is 2.49. The first kappa shape index (κ1) is 24.6. The number of pyridine rings is 1. The van der Waals surface area contributed by atoms with Gasteiger partial charge in [0.15, 0.2) is 15.6 Å². The predicted octanol–water partition coefficient (Wildman–Crippen LogP) is 4.03.